The number of halogens is 4. The standard InChI is InChI=1S/C13H15ClF3N3S/c1-4-20(6-13(15,16)17)5-9-18-11(14)10-7(2)8(3)21-12(10)19-9/h4-6H2,1-3H3. The van der Waals surface area contributed by atoms with Crippen molar-refractivity contribution in [1.29, 1.82) is 0 Å². The minimum absolute atomic E-state index is 0.0294. The molecule has 2 aromatic rings. The maximum atomic E-state index is 12.5. The Morgan fingerprint density at radius 3 is 2.48 bits per heavy atom. The molecule has 21 heavy (non-hydrogen) atoms. The van der Waals surface area contributed by atoms with Crippen LogP contribution in [-0.4, -0.2) is 34.1 Å². The molecule has 0 aliphatic heterocycles. The second-order valence-corrected chi connectivity index (χ2v) is 6.37. The van der Waals surface area contributed by atoms with Crippen LogP contribution in [0, 0.1) is 13.8 Å². The van der Waals surface area contributed by atoms with Crippen molar-refractivity contribution in [2.24, 2.45) is 0 Å². The number of thiophene rings is 1. The molecule has 0 bridgehead atoms. The molecular formula is C13H15ClF3N3S. The Labute approximate surface area is 129 Å². The van der Waals surface area contributed by atoms with Gasteiger partial charge in [-0.25, -0.2) is 9.97 Å². The van der Waals surface area contributed by atoms with Crippen molar-refractivity contribution in [3.8, 4) is 0 Å². The zero-order valence-corrected chi connectivity index (χ0v) is 13.5. The second kappa shape index (κ2) is 6.06. The summed E-state index contributed by atoms with van der Waals surface area (Å²) in [5.74, 6) is 0.319. The first-order valence-electron chi connectivity index (χ1n) is 6.42. The van der Waals surface area contributed by atoms with Gasteiger partial charge >= 0.3 is 6.18 Å². The van der Waals surface area contributed by atoms with Crippen LogP contribution >= 0.6 is 22.9 Å². The van der Waals surface area contributed by atoms with Crippen LogP contribution in [0.5, 0.6) is 0 Å². The van der Waals surface area contributed by atoms with Crippen LogP contribution in [0.2, 0.25) is 5.15 Å². The van der Waals surface area contributed by atoms with Crippen LogP contribution in [0.3, 0.4) is 0 Å². The van der Waals surface area contributed by atoms with E-state index in [1.165, 1.54) is 16.2 Å². The van der Waals surface area contributed by atoms with E-state index in [9.17, 15) is 13.2 Å². The highest BCUT2D eigenvalue weighted by Crippen LogP contribution is 2.33. The van der Waals surface area contributed by atoms with E-state index in [0.29, 0.717) is 11.0 Å². The van der Waals surface area contributed by atoms with Crippen LogP contribution in [-0.2, 0) is 6.54 Å². The van der Waals surface area contributed by atoms with Gasteiger partial charge in [0, 0.05) is 4.88 Å². The van der Waals surface area contributed by atoms with Gasteiger partial charge in [-0.05, 0) is 26.0 Å². The molecule has 0 spiro atoms. The predicted octanol–water partition coefficient (Wildman–Crippen LogP) is 4.35. The summed E-state index contributed by atoms with van der Waals surface area (Å²) in [5.41, 5.74) is 1.02. The molecule has 0 aliphatic carbocycles. The fourth-order valence-electron chi connectivity index (χ4n) is 2.05. The second-order valence-electron chi connectivity index (χ2n) is 4.81. The Hall–Kier alpha value is -0.920. The van der Waals surface area contributed by atoms with Crippen molar-refractivity contribution in [2.45, 2.75) is 33.5 Å². The quantitative estimate of drug-likeness (QED) is 0.777. The molecule has 8 heteroatoms. The molecule has 0 saturated carbocycles. The summed E-state index contributed by atoms with van der Waals surface area (Å²) in [5, 5.41) is 1.10. The van der Waals surface area contributed by atoms with Crippen molar-refractivity contribution < 1.29 is 13.2 Å². The van der Waals surface area contributed by atoms with E-state index in [0.717, 1.165) is 20.7 Å². The Morgan fingerprint density at radius 2 is 1.90 bits per heavy atom. The van der Waals surface area contributed by atoms with Crippen molar-refractivity contribution in [1.82, 2.24) is 14.9 Å². The summed E-state index contributed by atoms with van der Waals surface area (Å²) in [4.78, 5) is 11.5. The molecule has 0 atom stereocenters. The first-order valence-corrected chi connectivity index (χ1v) is 7.62. The minimum Gasteiger partial charge on any atom is -0.288 e. The number of aromatic nitrogens is 2. The molecule has 116 valence electrons. The lowest BCUT2D eigenvalue weighted by Crippen LogP contribution is -2.34. The molecule has 0 N–H and O–H groups in total. The third-order valence-corrected chi connectivity index (χ3v) is 4.62. The zero-order valence-electron chi connectivity index (χ0n) is 11.9. The fourth-order valence-corrected chi connectivity index (χ4v) is 3.48. The molecule has 2 heterocycles. The number of alkyl halides is 3. The number of hydrogen-bond acceptors (Lipinski definition) is 4. The molecule has 0 saturated heterocycles. The van der Waals surface area contributed by atoms with Gasteiger partial charge < -0.3 is 0 Å². The van der Waals surface area contributed by atoms with Crippen LogP contribution in [0.4, 0.5) is 13.2 Å². The van der Waals surface area contributed by atoms with Gasteiger partial charge in [-0.1, -0.05) is 18.5 Å². The van der Waals surface area contributed by atoms with Gasteiger partial charge in [-0.2, -0.15) is 13.2 Å². The summed E-state index contributed by atoms with van der Waals surface area (Å²) in [6.45, 7) is 4.88. The number of nitrogens with zero attached hydrogens (tertiary/aromatic N) is 3. The minimum atomic E-state index is -4.24. The molecule has 0 unspecified atom stereocenters. The van der Waals surface area contributed by atoms with E-state index in [1.807, 2.05) is 13.8 Å². The topological polar surface area (TPSA) is 29.0 Å². The maximum absolute atomic E-state index is 12.5. The van der Waals surface area contributed by atoms with Crippen molar-refractivity contribution >= 4 is 33.2 Å². The number of aryl methyl sites for hydroxylation is 2. The summed E-state index contributed by atoms with van der Waals surface area (Å²) in [7, 11) is 0. The fraction of sp³-hybridized carbons (Fsp3) is 0.538. The highest BCUT2D eigenvalue weighted by atomic mass is 35.5. The van der Waals surface area contributed by atoms with Crippen LogP contribution in [0.15, 0.2) is 0 Å². The molecule has 2 rings (SSSR count). The third-order valence-electron chi connectivity index (χ3n) is 3.25. The first-order chi connectivity index (χ1) is 9.71. The molecule has 3 nitrogen and oxygen atoms in total. The Bertz CT molecular complexity index is 654. The highest BCUT2D eigenvalue weighted by molar-refractivity contribution is 7.18. The third kappa shape index (κ3) is 3.84. The van der Waals surface area contributed by atoms with Gasteiger partial charge in [-0.15, -0.1) is 11.3 Å². The lowest BCUT2D eigenvalue weighted by molar-refractivity contribution is -0.146. The molecule has 2 aromatic heterocycles. The number of hydrogen-bond donors (Lipinski definition) is 0. The first kappa shape index (κ1) is 16.5. The number of rotatable bonds is 4. The molecule has 0 aliphatic rings. The van der Waals surface area contributed by atoms with E-state index < -0.39 is 12.7 Å². The van der Waals surface area contributed by atoms with Gasteiger partial charge in [0.15, 0.2) is 0 Å². The molecule has 0 fully saturated rings. The normalized spacial score (nSPS) is 12.6. The number of fused-ring (bicyclic) bond motifs is 1. The maximum Gasteiger partial charge on any atom is 0.401 e. The summed E-state index contributed by atoms with van der Waals surface area (Å²) in [6.07, 6.45) is -4.24. The van der Waals surface area contributed by atoms with Gasteiger partial charge in [0.25, 0.3) is 0 Å². The van der Waals surface area contributed by atoms with Crippen LogP contribution in [0.25, 0.3) is 10.2 Å². The Balaban J connectivity index is 2.30. The Morgan fingerprint density at radius 1 is 1.24 bits per heavy atom. The van der Waals surface area contributed by atoms with E-state index in [2.05, 4.69) is 9.97 Å². The van der Waals surface area contributed by atoms with E-state index >= 15 is 0 Å². The zero-order chi connectivity index (χ0) is 15.8. The van der Waals surface area contributed by atoms with Crippen molar-refractivity contribution in [3.63, 3.8) is 0 Å². The highest BCUT2D eigenvalue weighted by Gasteiger charge is 2.30. The van der Waals surface area contributed by atoms with E-state index in [-0.39, 0.29) is 13.1 Å². The van der Waals surface area contributed by atoms with Gasteiger partial charge in [-0.3, -0.25) is 4.90 Å². The monoisotopic (exact) mass is 337 g/mol. The molecule has 0 aromatic carbocycles. The SMILES string of the molecule is CCN(Cc1nc(Cl)c2c(C)c(C)sc2n1)CC(F)(F)F. The van der Waals surface area contributed by atoms with E-state index in [1.54, 1.807) is 6.92 Å². The van der Waals surface area contributed by atoms with Crippen molar-refractivity contribution in [3.05, 3.63) is 21.4 Å². The molecule has 0 amide bonds. The smallest absolute Gasteiger partial charge is 0.288 e. The predicted molar refractivity (Wildman–Crippen MR) is 78.9 cm³/mol. The molecule has 0 radical (unpaired) electrons. The largest absolute Gasteiger partial charge is 0.401 e. The lowest BCUT2D eigenvalue weighted by atomic mass is 10.2. The van der Waals surface area contributed by atoms with E-state index in [4.69, 9.17) is 11.6 Å². The average Bonchev–Trinajstić information content (AvgIpc) is 2.62. The van der Waals surface area contributed by atoms with Gasteiger partial charge in [0.05, 0.1) is 18.5 Å². The summed E-state index contributed by atoms with van der Waals surface area (Å²) < 4.78 is 37.4. The van der Waals surface area contributed by atoms with Crippen LogP contribution < -0.4 is 0 Å². The van der Waals surface area contributed by atoms with Gasteiger partial charge in [0.1, 0.15) is 15.8 Å². The average molecular weight is 338 g/mol. The van der Waals surface area contributed by atoms with Crippen LogP contribution in [0.1, 0.15) is 23.2 Å². The van der Waals surface area contributed by atoms with Crippen molar-refractivity contribution in [2.75, 3.05) is 13.1 Å². The molecular weight excluding hydrogens is 323 g/mol. The summed E-state index contributed by atoms with van der Waals surface area (Å²) >= 11 is 7.63. The van der Waals surface area contributed by atoms with Gasteiger partial charge in [0.2, 0.25) is 0 Å². The Kier molecular flexibility index (Phi) is 4.75. The lowest BCUT2D eigenvalue weighted by Gasteiger charge is -2.20. The summed E-state index contributed by atoms with van der Waals surface area (Å²) in [6, 6.07) is 0.